The molecule has 1 aliphatic rings. The smallest absolute Gasteiger partial charge is 0.182 e. The minimum atomic E-state index is -0.454. The largest absolute Gasteiger partial charge is 0.362 e. The fourth-order valence-corrected chi connectivity index (χ4v) is 2.28. The van der Waals surface area contributed by atoms with Crippen LogP contribution in [0.5, 0.6) is 0 Å². The van der Waals surface area contributed by atoms with Crippen molar-refractivity contribution in [2.75, 3.05) is 22.6 Å². The van der Waals surface area contributed by atoms with Gasteiger partial charge in [-0.05, 0) is 18.2 Å². The van der Waals surface area contributed by atoms with Gasteiger partial charge in [0.25, 0.3) is 0 Å². The molecule has 0 aliphatic carbocycles. The van der Waals surface area contributed by atoms with Crippen molar-refractivity contribution in [3.05, 3.63) is 48.7 Å². The minimum absolute atomic E-state index is 0.293. The maximum atomic E-state index is 13.8. The summed E-state index contributed by atoms with van der Waals surface area (Å²) in [6.45, 7) is 0.531. The van der Waals surface area contributed by atoms with Crippen molar-refractivity contribution < 1.29 is 4.39 Å². The third kappa shape index (κ3) is 2.50. The third-order valence-corrected chi connectivity index (χ3v) is 3.35. The Bertz CT molecular complexity index is 854. The van der Waals surface area contributed by atoms with Crippen LogP contribution < -0.4 is 16.0 Å². The molecule has 0 radical (unpaired) electrons. The van der Waals surface area contributed by atoms with E-state index in [1.54, 1.807) is 12.3 Å². The van der Waals surface area contributed by atoms with Gasteiger partial charge in [-0.2, -0.15) is 0 Å². The standard InChI is InChI=1S/C15H12FN7/c16-9-7-17-6-4-10(9)21-15-12-14(20-8-19-12)22-13(23-15)11-3-1-2-5-18-11/h1-7,19H,8H2,(H2,17,20,21,22,23). The number of nitrogens with zero attached hydrogens (tertiary/aromatic N) is 4. The molecular weight excluding hydrogens is 297 g/mol. The van der Waals surface area contributed by atoms with Crippen LogP contribution in [0, 0.1) is 5.82 Å². The number of anilines is 4. The van der Waals surface area contributed by atoms with E-state index in [-0.39, 0.29) is 0 Å². The summed E-state index contributed by atoms with van der Waals surface area (Å²) < 4.78 is 13.8. The van der Waals surface area contributed by atoms with E-state index in [2.05, 4.69) is 35.9 Å². The molecule has 1 aliphatic heterocycles. The highest BCUT2D eigenvalue weighted by molar-refractivity contribution is 5.84. The molecule has 8 heteroatoms. The lowest BCUT2D eigenvalue weighted by molar-refractivity contribution is 0.625. The number of rotatable bonds is 3. The Balaban J connectivity index is 1.80. The average Bonchev–Trinajstić information content (AvgIpc) is 3.06. The van der Waals surface area contributed by atoms with E-state index in [0.29, 0.717) is 41.2 Å². The molecule has 0 atom stereocenters. The van der Waals surface area contributed by atoms with E-state index in [0.717, 1.165) is 6.20 Å². The van der Waals surface area contributed by atoms with Gasteiger partial charge in [0.15, 0.2) is 23.3 Å². The number of hydrogen-bond donors (Lipinski definition) is 3. The van der Waals surface area contributed by atoms with Crippen LogP contribution in [0.2, 0.25) is 0 Å². The van der Waals surface area contributed by atoms with Gasteiger partial charge in [-0.25, -0.2) is 14.4 Å². The Kier molecular flexibility index (Phi) is 3.19. The molecule has 0 bridgehead atoms. The first-order valence-corrected chi connectivity index (χ1v) is 6.99. The minimum Gasteiger partial charge on any atom is -0.362 e. The van der Waals surface area contributed by atoms with Crippen LogP contribution in [-0.2, 0) is 0 Å². The summed E-state index contributed by atoms with van der Waals surface area (Å²) >= 11 is 0. The molecule has 0 fully saturated rings. The summed E-state index contributed by atoms with van der Waals surface area (Å²) in [5.41, 5.74) is 1.63. The van der Waals surface area contributed by atoms with Gasteiger partial charge in [-0.3, -0.25) is 9.97 Å². The van der Waals surface area contributed by atoms with Crippen molar-refractivity contribution in [3.63, 3.8) is 0 Å². The van der Waals surface area contributed by atoms with Gasteiger partial charge in [-0.15, -0.1) is 0 Å². The first-order chi connectivity index (χ1) is 11.3. The van der Waals surface area contributed by atoms with E-state index in [9.17, 15) is 4.39 Å². The van der Waals surface area contributed by atoms with Crippen LogP contribution in [0.1, 0.15) is 0 Å². The summed E-state index contributed by atoms with van der Waals surface area (Å²) in [5.74, 6) is 1.13. The Morgan fingerprint density at radius 2 is 2.04 bits per heavy atom. The van der Waals surface area contributed by atoms with Crippen LogP contribution in [0.15, 0.2) is 42.9 Å². The molecule has 3 aromatic heterocycles. The van der Waals surface area contributed by atoms with Gasteiger partial charge in [-0.1, -0.05) is 6.07 Å². The van der Waals surface area contributed by atoms with Gasteiger partial charge < -0.3 is 16.0 Å². The highest BCUT2D eigenvalue weighted by Crippen LogP contribution is 2.34. The summed E-state index contributed by atoms with van der Waals surface area (Å²) in [7, 11) is 0. The van der Waals surface area contributed by atoms with Crippen molar-refractivity contribution in [2.24, 2.45) is 0 Å². The lowest BCUT2D eigenvalue weighted by Gasteiger charge is -2.11. The fourth-order valence-electron chi connectivity index (χ4n) is 2.28. The maximum absolute atomic E-state index is 13.8. The van der Waals surface area contributed by atoms with Crippen molar-refractivity contribution >= 4 is 23.0 Å². The zero-order chi connectivity index (χ0) is 15.6. The van der Waals surface area contributed by atoms with Crippen molar-refractivity contribution in [1.29, 1.82) is 0 Å². The summed E-state index contributed by atoms with van der Waals surface area (Å²) in [5, 5.41) is 9.23. The number of aromatic nitrogens is 4. The molecule has 4 rings (SSSR count). The second kappa shape index (κ2) is 5.48. The molecule has 3 N–H and O–H groups in total. The lowest BCUT2D eigenvalue weighted by Crippen LogP contribution is -2.03. The molecular formula is C15H12FN7. The van der Waals surface area contributed by atoms with E-state index in [1.807, 2.05) is 18.2 Å². The Morgan fingerprint density at radius 3 is 2.87 bits per heavy atom. The molecule has 0 unspecified atom stereocenters. The van der Waals surface area contributed by atoms with E-state index < -0.39 is 5.82 Å². The van der Waals surface area contributed by atoms with Crippen LogP contribution in [0.4, 0.5) is 27.4 Å². The molecule has 0 aromatic carbocycles. The normalized spacial score (nSPS) is 12.2. The molecule has 23 heavy (non-hydrogen) atoms. The Hall–Kier alpha value is -3.29. The third-order valence-electron chi connectivity index (χ3n) is 3.35. The molecule has 0 saturated heterocycles. The van der Waals surface area contributed by atoms with Crippen molar-refractivity contribution in [3.8, 4) is 11.5 Å². The second-order valence-corrected chi connectivity index (χ2v) is 4.85. The van der Waals surface area contributed by atoms with Crippen LogP contribution in [-0.4, -0.2) is 26.6 Å². The van der Waals surface area contributed by atoms with Crippen molar-refractivity contribution in [1.82, 2.24) is 19.9 Å². The summed E-state index contributed by atoms with van der Waals surface area (Å²) in [6.07, 6.45) is 4.33. The number of fused-ring (bicyclic) bond motifs is 1. The molecule has 114 valence electrons. The maximum Gasteiger partial charge on any atom is 0.182 e. The zero-order valence-electron chi connectivity index (χ0n) is 11.9. The van der Waals surface area contributed by atoms with E-state index >= 15 is 0 Å². The van der Waals surface area contributed by atoms with Gasteiger partial charge in [0.2, 0.25) is 0 Å². The van der Waals surface area contributed by atoms with Gasteiger partial charge in [0.05, 0.1) is 18.6 Å². The molecule has 3 aromatic rings. The van der Waals surface area contributed by atoms with Crippen molar-refractivity contribution in [2.45, 2.75) is 0 Å². The fraction of sp³-hybridized carbons (Fsp3) is 0.0667. The topological polar surface area (TPSA) is 87.7 Å². The quantitative estimate of drug-likeness (QED) is 0.685. The summed E-state index contributed by atoms with van der Waals surface area (Å²) in [4.78, 5) is 16.9. The predicted molar refractivity (Wildman–Crippen MR) is 84.9 cm³/mol. The monoisotopic (exact) mass is 309 g/mol. The zero-order valence-corrected chi connectivity index (χ0v) is 11.9. The van der Waals surface area contributed by atoms with Crippen LogP contribution in [0.3, 0.4) is 0 Å². The molecule has 0 amide bonds. The van der Waals surface area contributed by atoms with E-state index in [4.69, 9.17) is 0 Å². The second-order valence-electron chi connectivity index (χ2n) is 4.85. The SMILES string of the molecule is Fc1cnccc1Nc1nc(-c2ccccn2)nc2c1NCN2. The van der Waals surface area contributed by atoms with Crippen LogP contribution in [0.25, 0.3) is 11.5 Å². The molecule has 0 spiro atoms. The number of halogens is 1. The average molecular weight is 309 g/mol. The number of pyridine rings is 2. The Morgan fingerprint density at radius 1 is 1.09 bits per heavy atom. The number of nitrogens with one attached hydrogen (secondary N) is 3. The van der Waals surface area contributed by atoms with Gasteiger partial charge in [0.1, 0.15) is 11.4 Å². The molecule has 0 saturated carbocycles. The first kappa shape index (κ1) is 13.4. The predicted octanol–water partition coefficient (Wildman–Crippen LogP) is 2.61. The first-order valence-electron chi connectivity index (χ1n) is 6.99. The molecule has 4 heterocycles. The van der Waals surface area contributed by atoms with Crippen LogP contribution >= 0.6 is 0 Å². The lowest BCUT2D eigenvalue weighted by atomic mass is 10.3. The summed E-state index contributed by atoms with van der Waals surface area (Å²) in [6, 6.07) is 7.05. The highest BCUT2D eigenvalue weighted by atomic mass is 19.1. The van der Waals surface area contributed by atoms with E-state index in [1.165, 1.54) is 6.20 Å². The highest BCUT2D eigenvalue weighted by Gasteiger charge is 2.20. The van der Waals surface area contributed by atoms with Gasteiger partial charge in [0, 0.05) is 12.4 Å². The number of hydrogen-bond acceptors (Lipinski definition) is 7. The molecule has 7 nitrogen and oxygen atoms in total. The van der Waals surface area contributed by atoms with Gasteiger partial charge >= 0.3 is 0 Å². The Labute approximate surface area is 131 Å².